The Kier molecular flexibility index (Phi) is 9.81. The Labute approximate surface area is 176 Å². The highest BCUT2D eigenvalue weighted by molar-refractivity contribution is 7.87. The van der Waals surface area contributed by atoms with Crippen molar-refractivity contribution in [2.75, 3.05) is 13.2 Å². The summed E-state index contributed by atoms with van der Waals surface area (Å²) in [5.74, 6) is -14.9. The standard InChI is InChI=1S/C15H17F7O9S/c1-3-10(24)31-13(14(18,19)20,11(25)29-8-9(2)23)30-7-5-4-6-12(16,17)15(21,22)32(26,27)28/h3H,1,4-8H2,2H3,(H,26,27,28). The molecule has 0 aromatic carbocycles. The number of esters is 2. The van der Waals surface area contributed by atoms with E-state index in [9.17, 15) is 53.5 Å². The molecule has 0 rings (SSSR count). The third-order valence-corrected chi connectivity index (χ3v) is 4.35. The Morgan fingerprint density at radius 2 is 1.56 bits per heavy atom. The first-order chi connectivity index (χ1) is 14.2. The topological polar surface area (TPSA) is 133 Å². The molecule has 0 aromatic heterocycles. The molecule has 17 heteroatoms. The summed E-state index contributed by atoms with van der Waals surface area (Å²) in [7, 11) is -6.51. The van der Waals surface area contributed by atoms with Crippen LogP contribution in [0.4, 0.5) is 30.7 Å². The van der Waals surface area contributed by atoms with Crippen molar-refractivity contribution in [3.05, 3.63) is 12.7 Å². The third-order valence-electron chi connectivity index (χ3n) is 3.40. The van der Waals surface area contributed by atoms with Crippen molar-refractivity contribution in [3.8, 4) is 0 Å². The molecule has 0 aliphatic heterocycles. The minimum absolute atomic E-state index is 0.208. The average molecular weight is 506 g/mol. The Hall–Kier alpha value is -2.27. The van der Waals surface area contributed by atoms with Gasteiger partial charge in [-0.1, -0.05) is 6.58 Å². The molecule has 1 unspecified atom stereocenters. The lowest BCUT2D eigenvalue weighted by atomic mass is 10.1. The zero-order valence-corrected chi connectivity index (χ0v) is 16.9. The van der Waals surface area contributed by atoms with Crippen molar-refractivity contribution in [1.29, 1.82) is 0 Å². The first-order valence-electron chi connectivity index (χ1n) is 8.20. The van der Waals surface area contributed by atoms with Gasteiger partial charge in [-0.3, -0.25) is 9.35 Å². The lowest BCUT2D eigenvalue weighted by Crippen LogP contribution is -2.58. The lowest BCUT2D eigenvalue weighted by molar-refractivity contribution is -0.354. The normalized spacial score (nSPS) is 14.9. The van der Waals surface area contributed by atoms with Gasteiger partial charge >= 0.3 is 45.2 Å². The fourth-order valence-electron chi connectivity index (χ4n) is 1.83. The van der Waals surface area contributed by atoms with Crippen molar-refractivity contribution in [2.24, 2.45) is 0 Å². The van der Waals surface area contributed by atoms with E-state index in [0.29, 0.717) is 0 Å². The highest BCUT2D eigenvalue weighted by Gasteiger charge is 2.68. The highest BCUT2D eigenvalue weighted by atomic mass is 32.2. The second kappa shape index (κ2) is 10.6. The average Bonchev–Trinajstić information content (AvgIpc) is 2.62. The number of hydrogen-bond donors (Lipinski definition) is 1. The number of halogens is 7. The smallest absolute Gasteiger partial charge is 0.453 e. The molecule has 0 saturated carbocycles. The van der Waals surface area contributed by atoms with Crippen LogP contribution in [-0.2, 0) is 38.7 Å². The van der Waals surface area contributed by atoms with Gasteiger partial charge < -0.3 is 14.2 Å². The summed E-state index contributed by atoms with van der Waals surface area (Å²) in [6.45, 7) is 1.16. The molecule has 0 heterocycles. The van der Waals surface area contributed by atoms with E-state index in [-0.39, 0.29) is 6.08 Å². The number of hydrogen-bond acceptors (Lipinski definition) is 8. The van der Waals surface area contributed by atoms with Crippen molar-refractivity contribution in [1.82, 2.24) is 0 Å². The Morgan fingerprint density at radius 3 is 1.97 bits per heavy atom. The summed E-state index contributed by atoms with van der Waals surface area (Å²) in [4.78, 5) is 34.0. The maximum atomic E-state index is 13.5. The van der Waals surface area contributed by atoms with Crippen LogP contribution in [0.3, 0.4) is 0 Å². The van der Waals surface area contributed by atoms with E-state index in [1.807, 2.05) is 0 Å². The summed E-state index contributed by atoms with van der Waals surface area (Å²) in [5, 5.41) is -5.88. The SMILES string of the molecule is C=CC(=O)OC(OCCCCC(F)(F)C(F)(F)S(=O)(=O)O)(C(=O)OCC(C)=O)C(F)(F)F. The molecule has 0 aliphatic rings. The number of ether oxygens (including phenoxy) is 3. The lowest BCUT2D eigenvalue weighted by Gasteiger charge is -2.31. The van der Waals surface area contributed by atoms with Gasteiger partial charge in [0.25, 0.3) is 0 Å². The zero-order chi connectivity index (χ0) is 25.6. The minimum atomic E-state index is -6.51. The monoisotopic (exact) mass is 506 g/mol. The molecule has 0 amide bonds. The van der Waals surface area contributed by atoms with Crippen LogP contribution >= 0.6 is 0 Å². The number of carbonyl (C=O) groups excluding carboxylic acids is 3. The van der Waals surface area contributed by atoms with Crippen LogP contribution in [0.5, 0.6) is 0 Å². The summed E-state index contributed by atoms with van der Waals surface area (Å²) in [6.07, 6.45) is -9.55. The van der Waals surface area contributed by atoms with E-state index in [1.165, 1.54) is 0 Å². The number of carbonyl (C=O) groups is 3. The molecule has 32 heavy (non-hydrogen) atoms. The number of alkyl halides is 7. The predicted octanol–water partition coefficient (Wildman–Crippen LogP) is 2.41. The van der Waals surface area contributed by atoms with Crippen molar-refractivity contribution in [3.63, 3.8) is 0 Å². The molecule has 0 bridgehead atoms. The third kappa shape index (κ3) is 7.13. The molecule has 0 saturated heterocycles. The van der Waals surface area contributed by atoms with Crippen LogP contribution in [0.1, 0.15) is 26.2 Å². The molecule has 1 N–H and O–H groups in total. The highest BCUT2D eigenvalue weighted by Crippen LogP contribution is 2.42. The van der Waals surface area contributed by atoms with E-state index in [2.05, 4.69) is 20.8 Å². The maximum absolute atomic E-state index is 13.5. The second-order valence-electron chi connectivity index (χ2n) is 6.02. The van der Waals surface area contributed by atoms with Gasteiger partial charge in [-0.05, 0) is 19.8 Å². The molecule has 1 atom stereocenters. The van der Waals surface area contributed by atoms with Gasteiger partial charge in [0.2, 0.25) is 0 Å². The van der Waals surface area contributed by atoms with E-state index < -0.39 is 83.5 Å². The largest absolute Gasteiger partial charge is 0.468 e. The molecule has 9 nitrogen and oxygen atoms in total. The van der Waals surface area contributed by atoms with Gasteiger partial charge in [0.15, 0.2) is 5.78 Å². The van der Waals surface area contributed by atoms with Crippen LogP contribution in [-0.4, -0.2) is 67.0 Å². The Morgan fingerprint density at radius 1 is 1.03 bits per heavy atom. The van der Waals surface area contributed by atoms with Gasteiger partial charge in [-0.25, -0.2) is 9.59 Å². The first kappa shape index (κ1) is 29.7. The Bertz CT molecular complexity index is 824. The fourth-order valence-corrected chi connectivity index (χ4v) is 2.31. The number of Topliss-reactive ketones (excluding diaryl/α,β-unsaturated/α-hetero) is 1. The fraction of sp³-hybridized carbons (Fsp3) is 0.667. The second-order valence-corrected chi connectivity index (χ2v) is 7.48. The molecule has 0 aliphatic carbocycles. The number of unbranched alkanes of at least 4 members (excludes halogenated alkanes) is 1. The van der Waals surface area contributed by atoms with Crippen LogP contribution in [0.2, 0.25) is 0 Å². The van der Waals surface area contributed by atoms with E-state index in [4.69, 9.17) is 4.55 Å². The van der Waals surface area contributed by atoms with Crippen LogP contribution < -0.4 is 0 Å². The molecular formula is C15H17F7O9S. The molecule has 0 radical (unpaired) electrons. The van der Waals surface area contributed by atoms with E-state index >= 15 is 0 Å². The minimum Gasteiger partial charge on any atom is -0.453 e. The van der Waals surface area contributed by atoms with Crippen LogP contribution in [0.15, 0.2) is 12.7 Å². The van der Waals surface area contributed by atoms with E-state index in [1.54, 1.807) is 0 Å². The number of rotatable bonds is 13. The quantitative estimate of drug-likeness (QED) is 0.0998. The number of ketones is 1. The Balaban J connectivity index is 5.47. The molecule has 0 fully saturated rings. The van der Waals surface area contributed by atoms with Gasteiger partial charge in [-0.2, -0.15) is 39.2 Å². The van der Waals surface area contributed by atoms with E-state index in [0.717, 1.165) is 6.92 Å². The van der Waals surface area contributed by atoms with Gasteiger partial charge in [0.05, 0.1) is 6.61 Å². The van der Waals surface area contributed by atoms with Crippen molar-refractivity contribution >= 4 is 27.8 Å². The van der Waals surface area contributed by atoms with Gasteiger partial charge in [-0.15, -0.1) is 0 Å². The van der Waals surface area contributed by atoms with Crippen molar-refractivity contribution in [2.45, 2.75) is 49.3 Å². The summed E-state index contributed by atoms with van der Waals surface area (Å²) in [5.41, 5.74) is 0. The predicted molar refractivity (Wildman–Crippen MR) is 88.0 cm³/mol. The summed E-state index contributed by atoms with van der Waals surface area (Å²) >= 11 is 0. The molecule has 0 spiro atoms. The van der Waals surface area contributed by atoms with Crippen LogP contribution in [0, 0.1) is 0 Å². The maximum Gasteiger partial charge on any atom is 0.468 e. The van der Waals surface area contributed by atoms with Crippen LogP contribution in [0.25, 0.3) is 0 Å². The zero-order valence-electron chi connectivity index (χ0n) is 16.1. The summed E-state index contributed by atoms with van der Waals surface area (Å²) < 4.78 is 135. The van der Waals surface area contributed by atoms with Gasteiger partial charge in [0, 0.05) is 12.5 Å². The van der Waals surface area contributed by atoms with Crippen molar-refractivity contribution < 1.29 is 72.3 Å². The molecule has 186 valence electrons. The van der Waals surface area contributed by atoms with Gasteiger partial charge in [0.1, 0.15) is 6.61 Å². The molecular weight excluding hydrogens is 489 g/mol. The summed E-state index contributed by atoms with van der Waals surface area (Å²) in [6, 6.07) is 0. The molecule has 0 aromatic rings. The first-order valence-corrected chi connectivity index (χ1v) is 9.64.